The lowest BCUT2D eigenvalue weighted by atomic mass is 9.88. The van der Waals surface area contributed by atoms with Crippen LogP contribution in [0.3, 0.4) is 0 Å². The molecule has 1 unspecified atom stereocenters. The molecule has 1 saturated heterocycles. The van der Waals surface area contributed by atoms with Gasteiger partial charge in [-0.3, -0.25) is 14.6 Å². The van der Waals surface area contributed by atoms with Crippen molar-refractivity contribution in [2.45, 2.75) is 38.7 Å². The smallest absolute Gasteiger partial charge is 0.255 e. The van der Waals surface area contributed by atoms with Crippen molar-refractivity contribution in [1.82, 2.24) is 9.88 Å². The molecule has 1 aliphatic carbocycles. The number of morpholine rings is 1. The summed E-state index contributed by atoms with van der Waals surface area (Å²) in [4.78, 5) is 31.5. The summed E-state index contributed by atoms with van der Waals surface area (Å²) in [5, 5.41) is 0.901. The first-order valence-electron chi connectivity index (χ1n) is 9.17. The molecule has 6 heteroatoms. The monoisotopic (exact) mass is 353 g/mol. The zero-order valence-electron chi connectivity index (χ0n) is 15.0. The van der Waals surface area contributed by atoms with Gasteiger partial charge in [-0.1, -0.05) is 11.6 Å². The Bertz CT molecular complexity index is 893. The average molecular weight is 353 g/mol. The minimum absolute atomic E-state index is 0.0456. The van der Waals surface area contributed by atoms with E-state index >= 15 is 0 Å². The molecule has 136 valence electrons. The average Bonchev–Trinajstić information content (AvgIpc) is 2.66. The molecule has 0 radical (unpaired) electrons. The Morgan fingerprint density at radius 2 is 2.08 bits per heavy atom. The van der Waals surface area contributed by atoms with Crippen LogP contribution in [-0.2, 0) is 22.4 Å². The lowest BCUT2D eigenvalue weighted by Gasteiger charge is -2.32. The van der Waals surface area contributed by atoms with Gasteiger partial charge >= 0.3 is 0 Å². The van der Waals surface area contributed by atoms with Crippen molar-refractivity contribution in [2.75, 3.05) is 19.7 Å². The Morgan fingerprint density at radius 3 is 2.88 bits per heavy atom. The number of fused-ring (bicyclic) bond motifs is 2. The minimum Gasteiger partial charge on any atom is -0.367 e. The lowest BCUT2D eigenvalue weighted by molar-refractivity contribution is -0.133. The van der Waals surface area contributed by atoms with E-state index in [1.165, 1.54) is 0 Å². The second-order valence-corrected chi connectivity index (χ2v) is 7.15. The largest absolute Gasteiger partial charge is 0.367 e. The third kappa shape index (κ3) is 2.94. The molecule has 2 aromatic rings. The molecule has 1 atom stereocenters. The van der Waals surface area contributed by atoms with Crippen LogP contribution in [0, 0.1) is 6.92 Å². The molecule has 1 aromatic heterocycles. The van der Waals surface area contributed by atoms with Gasteiger partial charge in [0.05, 0.1) is 24.2 Å². The van der Waals surface area contributed by atoms with Crippen LogP contribution >= 0.6 is 0 Å². The number of benzene rings is 1. The molecule has 1 fully saturated rings. The number of hydrogen-bond donors (Lipinski definition) is 1. The number of amides is 2. The fraction of sp³-hybridized carbons (Fsp3) is 0.450. The minimum atomic E-state index is -0.738. The van der Waals surface area contributed by atoms with E-state index in [0.29, 0.717) is 13.2 Å². The molecule has 2 aliphatic rings. The van der Waals surface area contributed by atoms with Gasteiger partial charge in [-0.15, -0.1) is 0 Å². The number of aryl methyl sites for hydroxylation is 2. The van der Waals surface area contributed by atoms with Gasteiger partial charge in [0.1, 0.15) is 0 Å². The van der Waals surface area contributed by atoms with E-state index in [0.717, 1.165) is 59.0 Å². The second kappa shape index (κ2) is 6.68. The summed E-state index contributed by atoms with van der Waals surface area (Å²) in [6, 6.07) is 6.05. The Labute approximate surface area is 152 Å². The second-order valence-electron chi connectivity index (χ2n) is 7.15. The molecular formula is C20H23N3O3. The molecule has 2 amide bonds. The van der Waals surface area contributed by atoms with Crippen molar-refractivity contribution < 1.29 is 14.3 Å². The molecule has 6 nitrogen and oxygen atoms in total. The van der Waals surface area contributed by atoms with Crippen LogP contribution < -0.4 is 5.73 Å². The number of carbonyl (C=O) groups is 2. The normalized spacial score (nSPS) is 20.0. The van der Waals surface area contributed by atoms with Gasteiger partial charge in [0, 0.05) is 17.6 Å². The first-order valence-corrected chi connectivity index (χ1v) is 9.17. The number of nitrogens with two attached hydrogens (primary N) is 1. The molecular weight excluding hydrogens is 330 g/mol. The van der Waals surface area contributed by atoms with E-state index in [1.807, 2.05) is 25.1 Å². The molecule has 1 aliphatic heterocycles. The molecule has 0 bridgehead atoms. The lowest BCUT2D eigenvalue weighted by Crippen LogP contribution is -2.50. The van der Waals surface area contributed by atoms with Gasteiger partial charge in [-0.25, -0.2) is 0 Å². The van der Waals surface area contributed by atoms with Gasteiger partial charge in [0.2, 0.25) is 5.91 Å². The van der Waals surface area contributed by atoms with Crippen molar-refractivity contribution in [3.05, 3.63) is 40.6 Å². The molecule has 2 heterocycles. The standard InChI is InChI=1S/C20H23N3O3/c1-12-6-7-16-14(10-12)18(13-4-2-3-5-15(13)22-16)20(25)23-8-9-26-17(11-23)19(21)24/h6-7,10,17H,2-5,8-9,11H2,1H3,(H2,21,24). The Kier molecular flexibility index (Phi) is 4.36. The van der Waals surface area contributed by atoms with Gasteiger partial charge in [-0.2, -0.15) is 0 Å². The highest BCUT2D eigenvalue weighted by Gasteiger charge is 2.31. The number of nitrogens with zero attached hydrogens (tertiary/aromatic N) is 2. The maximum Gasteiger partial charge on any atom is 0.255 e. The summed E-state index contributed by atoms with van der Waals surface area (Å²) in [6.45, 7) is 3.01. The zero-order chi connectivity index (χ0) is 18.3. The summed E-state index contributed by atoms with van der Waals surface area (Å²) in [5.74, 6) is -0.573. The van der Waals surface area contributed by atoms with Crippen LogP contribution in [0.5, 0.6) is 0 Å². The van der Waals surface area contributed by atoms with E-state index < -0.39 is 12.0 Å². The van der Waals surface area contributed by atoms with E-state index in [4.69, 9.17) is 15.5 Å². The van der Waals surface area contributed by atoms with Crippen LogP contribution in [0.4, 0.5) is 0 Å². The van der Waals surface area contributed by atoms with Gasteiger partial charge in [0.15, 0.2) is 6.10 Å². The maximum atomic E-state index is 13.5. The van der Waals surface area contributed by atoms with Crippen molar-refractivity contribution in [3.63, 3.8) is 0 Å². The number of pyridine rings is 1. The van der Waals surface area contributed by atoms with Crippen LogP contribution in [0.1, 0.15) is 40.0 Å². The highest BCUT2D eigenvalue weighted by molar-refractivity contribution is 6.08. The van der Waals surface area contributed by atoms with Crippen LogP contribution in [0.15, 0.2) is 18.2 Å². The third-order valence-corrected chi connectivity index (χ3v) is 5.30. The van der Waals surface area contributed by atoms with Crippen LogP contribution in [0.25, 0.3) is 10.9 Å². The quantitative estimate of drug-likeness (QED) is 0.891. The zero-order valence-corrected chi connectivity index (χ0v) is 15.0. The van der Waals surface area contributed by atoms with E-state index in [2.05, 4.69) is 0 Å². The highest BCUT2D eigenvalue weighted by Crippen LogP contribution is 2.31. The third-order valence-electron chi connectivity index (χ3n) is 5.30. The number of rotatable bonds is 2. The molecule has 4 rings (SSSR count). The summed E-state index contributed by atoms with van der Waals surface area (Å²) in [5.41, 5.74) is 10.2. The number of carbonyl (C=O) groups excluding carboxylic acids is 2. The van der Waals surface area contributed by atoms with E-state index in [-0.39, 0.29) is 12.5 Å². The first-order chi connectivity index (χ1) is 12.5. The molecule has 0 spiro atoms. The van der Waals surface area contributed by atoms with Crippen molar-refractivity contribution in [3.8, 4) is 0 Å². The fourth-order valence-electron chi connectivity index (χ4n) is 3.95. The molecule has 1 aromatic carbocycles. The van der Waals surface area contributed by atoms with Gasteiger partial charge in [0.25, 0.3) is 5.91 Å². The predicted octanol–water partition coefficient (Wildman–Crippen LogP) is 1.75. The molecule has 2 N–H and O–H groups in total. The van der Waals surface area contributed by atoms with Crippen molar-refractivity contribution in [1.29, 1.82) is 0 Å². The number of ether oxygens (including phenoxy) is 1. The Morgan fingerprint density at radius 1 is 1.27 bits per heavy atom. The van der Waals surface area contributed by atoms with Crippen LogP contribution in [0.2, 0.25) is 0 Å². The molecule has 0 saturated carbocycles. The van der Waals surface area contributed by atoms with Crippen molar-refractivity contribution in [2.24, 2.45) is 5.73 Å². The summed E-state index contributed by atoms with van der Waals surface area (Å²) >= 11 is 0. The molecule has 26 heavy (non-hydrogen) atoms. The van der Waals surface area contributed by atoms with Gasteiger partial charge < -0.3 is 15.4 Å². The predicted molar refractivity (Wildman–Crippen MR) is 98.0 cm³/mol. The topological polar surface area (TPSA) is 85.5 Å². The first kappa shape index (κ1) is 17.0. The number of hydrogen-bond acceptors (Lipinski definition) is 4. The van der Waals surface area contributed by atoms with E-state index in [9.17, 15) is 9.59 Å². The number of primary amides is 1. The Balaban J connectivity index is 1.82. The fourth-order valence-corrected chi connectivity index (χ4v) is 3.95. The summed E-state index contributed by atoms with van der Waals surface area (Å²) < 4.78 is 5.39. The van der Waals surface area contributed by atoms with Crippen molar-refractivity contribution >= 4 is 22.7 Å². The van der Waals surface area contributed by atoms with Gasteiger partial charge in [-0.05, 0) is 50.3 Å². The highest BCUT2D eigenvalue weighted by atomic mass is 16.5. The number of aromatic nitrogens is 1. The SMILES string of the molecule is Cc1ccc2nc3c(c(C(=O)N4CCOC(C(N)=O)C4)c2c1)CCCC3. The Hall–Kier alpha value is -2.47. The van der Waals surface area contributed by atoms with Crippen LogP contribution in [-0.4, -0.2) is 47.5 Å². The maximum absolute atomic E-state index is 13.5. The summed E-state index contributed by atoms with van der Waals surface area (Å²) in [6.07, 6.45) is 3.22. The summed E-state index contributed by atoms with van der Waals surface area (Å²) in [7, 11) is 0. The van der Waals surface area contributed by atoms with E-state index in [1.54, 1.807) is 4.90 Å².